The van der Waals surface area contributed by atoms with E-state index in [-0.39, 0.29) is 24.3 Å². The second kappa shape index (κ2) is 13.8. The van der Waals surface area contributed by atoms with Gasteiger partial charge in [0.05, 0.1) is 42.2 Å². The van der Waals surface area contributed by atoms with Crippen LogP contribution in [0.2, 0.25) is 5.02 Å². The smallest absolute Gasteiger partial charge is 0.343 e. The highest BCUT2D eigenvalue weighted by Crippen LogP contribution is 2.36. The number of allylic oxidation sites excluding steroid dienone is 1. The monoisotopic (exact) mass is 663 g/mol. The number of fused-ring (bicyclic) bond motifs is 1. The largest absolute Gasteiger partial charge is 0.490 e. The van der Waals surface area contributed by atoms with Gasteiger partial charge in [0.15, 0.2) is 22.9 Å². The first-order valence-electron chi connectivity index (χ1n) is 14.7. The van der Waals surface area contributed by atoms with Gasteiger partial charge in [-0.3, -0.25) is 9.36 Å². The highest BCUT2D eigenvalue weighted by Gasteiger charge is 2.34. The molecular formula is C34H34ClN3O7S. The molecule has 3 heterocycles. The molecule has 4 aromatic rings. The van der Waals surface area contributed by atoms with E-state index in [9.17, 15) is 14.4 Å². The zero-order chi connectivity index (χ0) is 33.1. The third-order valence-corrected chi connectivity index (χ3v) is 8.71. The van der Waals surface area contributed by atoms with E-state index in [1.807, 2.05) is 57.2 Å². The van der Waals surface area contributed by atoms with Gasteiger partial charge < -0.3 is 23.5 Å². The van der Waals surface area contributed by atoms with Crippen LogP contribution in [0.1, 0.15) is 49.3 Å². The number of hydrogen-bond acceptors (Lipinski definition) is 9. The van der Waals surface area contributed by atoms with E-state index in [2.05, 4.69) is 14.3 Å². The lowest BCUT2D eigenvalue weighted by molar-refractivity contribution is -0.143. The second-order valence-corrected chi connectivity index (χ2v) is 11.9. The van der Waals surface area contributed by atoms with Gasteiger partial charge in [-0.15, -0.1) is 0 Å². The number of halogens is 1. The van der Waals surface area contributed by atoms with Crippen LogP contribution in [0.15, 0.2) is 69.6 Å². The van der Waals surface area contributed by atoms with Gasteiger partial charge in [0.2, 0.25) is 0 Å². The third-order valence-electron chi connectivity index (χ3n) is 7.50. The van der Waals surface area contributed by atoms with Crippen LogP contribution in [0.4, 0.5) is 0 Å². The molecule has 0 saturated heterocycles. The Bertz CT molecular complexity index is 2040. The maximum absolute atomic E-state index is 14.2. The van der Waals surface area contributed by atoms with Crippen molar-refractivity contribution in [3.63, 3.8) is 0 Å². The van der Waals surface area contributed by atoms with Crippen molar-refractivity contribution >= 4 is 41.0 Å². The number of carbonyl (C=O) groups is 2. The van der Waals surface area contributed by atoms with Crippen LogP contribution in [-0.2, 0) is 19.1 Å². The summed E-state index contributed by atoms with van der Waals surface area (Å²) in [6, 6.07) is 13.8. The van der Waals surface area contributed by atoms with E-state index in [1.165, 1.54) is 23.0 Å². The molecule has 0 radical (unpaired) electrons. The van der Waals surface area contributed by atoms with Crippen molar-refractivity contribution in [1.29, 1.82) is 0 Å². The Balaban J connectivity index is 1.67. The molecule has 0 aliphatic carbocycles. The third kappa shape index (κ3) is 6.38. The standard InChI is InChI=1S/C34H34ClN3O7S/c1-7-43-27-15-22(12-13-26(27)45-18-29(39)42-6)31-30(33(41)44-8-2)20(4)36-34-38(31)32(40)28(46-34)16-23-14-19(3)37(21(23)5)25-11-9-10-24(35)17-25/h9-17,31H,7-8,18H2,1-6H3/b28-16-/t31-/m1/s1. The van der Waals surface area contributed by atoms with Crippen molar-refractivity contribution in [3.8, 4) is 17.2 Å². The minimum absolute atomic E-state index is 0.152. The average Bonchev–Trinajstić information content (AvgIpc) is 3.48. The van der Waals surface area contributed by atoms with Crippen molar-refractivity contribution in [2.24, 2.45) is 4.99 Å². The minimum atomic E-state index is -0.856. The Hall–Kier alpha value is -4.61. The van der Waals surface area contributed by atoms with E-state index < -0.39 is 18.0 Å². The summed E-state index contributed by atoms with van der Waals surface area (Å²) in [6.07, 6.45) is 1.85. The number of nitrogens with zero attached hydrogens (tertiary/aromatic N) is 3. The molecule has 1 aliphatic rings. The van der Waals surface area contributed by atoms with Gasteiger partial charge >= 0.3 is 11.9 Å². The highest BCUT2D eigenvalue weighted by molar-refractivity contribution is 7.07. The summed E-state index contributed by atoms with van der Waals surface area (Å²) in [7, 11) is 1.27. The summed E-state index contributed by atoms with van der Waals surface area (Å²) in [5.41, 5.74) is 4.67. The summed E-state index contributed by atoms with van der Waals surface area (Å²) in [5, 5.41) is 0.628. The number of hydrogen-bond donors (Lipinski definition) is 0. The van der Waals surface area contributed by atoms with Gasteiger partial charge in [0, 0.05) is 22.1 Å². The number of benzene rings is 2. The van der Waals surface area contributed by atoms with Crippen LogP contribution in [0, 0.1) is 13.8 Å². The summed E-state index contributed by atoms with van der Waals surface area (Å²) >= 11 is 7.51. The van der Waals surface area contributed by atoms with E-state index in [0.29, 0.717) is 43.7 Å². The Labute approximate surface area is 274 Å². The Morgan fingerprint density at radius 1 is 1.02 bits per heavy atom. The summed E-state index contributed by atoms with van der Waals surface area (Å²) in [6.45, 7) is 9.41. The predicted molar refractivity (Wildman–Crippen MR) is 176 cm³/mol. The van der Waals surface area contributed by atoms with Crippen LogP contribution in [0.5, 0.6) is 11.5 Å². The van der Waals surface area contributed by atoms with Crippen LogP contribution in [0.3, 0.4) is 0 Å². The number of aromatic nitrogens is 2. The minimum Gasteiger partial charge on any atom is -0.490 e. The first-order valence-corrected chi connectivity index (χ1v) is 15.9. The average molecular weight is 664 g/mol. The molecule has 0 unspecified atom stereocenters. The summed E-state index contributed by atoms with van der Waals surface area (Å²) < 4.78 is 25.7. The molecule has 0 amide bonds. The van der Waals surface area contributed by atoms with Gasteiger partial charge in [0.1, 0.15) is 0 Å². The molecule has 10 nitrogen and oxygen atoms in total. The second-order valence-electron chi connectivity index (χ2n) is 10.4. The van der Waals surface area contributed by atoms with Crippen molar-refractivity contribution in [3.05, 3.63) is 107 Å². The molecule has 1 aliphatic heterocycles. The van der Waals surface area contributed by atoms with Gasteiger partial charge in [-0.25, -0.2) is 14.6 Å². The fourth-order valence-electron chi connectivity index (χ4n) is 5.47. The molecule has 46 heavy (non-hydrogen) atoms. The number of ether oxygens (including phenoxy) is 4. The Kier molecular flexibility index (Phi) is 9.83. The molecular weight excluding hydrogens is 630 g/mol. The Morgan fingerprint density at radius 2 is 1.80 bits per heavy atom. The molecule has 240 valence electrons. The lowest BCUT2D eigenvalue weighted by atomic mass is 9.95. The zero-order valence-corrected chi connectivity index (χ0v) is 28.0. The predicted octanol–water partition coefficient (Wildman–Crippen LogP) is 4.81. The zero-order valence-electron chi connectivity index (χ0n) is 26.4. The molecule has 0 spiro atoms. The maximum Gasteiger partial charge on any atom is 0.343 e. The van der Waals surface area contributed by atoms with Gasteiger partial charge in [-0.2, -0.15) is 0 Å². The molecule has 2 aromatic carbocycles. The fraction of sp³-hybridized carbons (Fsp3) is 0.294. The first-order chi connectivity index (χ1) is 22.1. The maximum atomic E-state index is 14.2. The molecule has 0 fully saturated rings. The van der Waals surface area contributed by atoms with E-state index in [4.69, 9.17) is 25.8 Å². The van der Waals surface area contributed by atoms with Crippen LogP contribution < -0.4 is 24.4 Å². The van der Waals surface area contributed by atoms with Crippen molar-refractivity contribution in [1.82, 2.24) is 9.13 Å². The SMILES string of the molecule is CCOC(=O)C1=C(C)N=c2s/c(=C\c3cc(C)n(-c4cccc(Cl)c4)c3C)c(=O)n2[C@@H]1c1ccc(OCC(=O)OC)c(OCC)c1. The molecule has 1 atom stereocenters. The van der Waals surface area contributed by atoms with Crippen molar-refractivity contribution in [2.45, 2.75) is 40.7 Å². The quantitative estimate of drug-likeness (QED) is 0.224. The fourth-order valence-corrected chi connectivity index (χ4v) is 6.69. The lowest BCUT2D eigenvalue weighted by Gasteiger charge is -2.25. The van der Waals surface area contributed by atoms with Crippen molar-refractivity contribution < 1.29 is 28.5 Å². The normalized spacial score (nSPS) is 14.5. The van der Waals surface area contributed by atoms with Gasteiger partial charge in [-0.05, 0) is 88.2 Å². The Morgan fingerprint density at radius 3 is 2.50 bits per heavy atom. The van der Waals surface area contributed by atoms with E-state index in [1.54, 1.807) is 32.0 Å². The van der Waals surface area contributed by atoms with Gasteiger partial charge in [0.25, 0.3) is 5.56 Å². The number of carbonyl (C=O) groups excluding carboxylic acids is 2. The first kappa shape index (κ1) is 32.8. The molecule has 0 N–H and O–H groups in total. The molecule has 12 heteroatoms. The number of aryl methyl sites for hydroxylation is 1. The topological polar surface area (TPSA) is 110 Å². The molecule has 2 aromatic heterocycles. The van der Waals surface area contributed by atoms with E-state index >= 15 is 0 Å². The molecule has 0 bridgehead atoms. The molecule has 5 rings (SSSR count). The highest BCUT2D eigenvalue weighted by atomic mass is 35.5. The molecule has 0 saturated carbocycles. The number of methoxy groups -OCH3 is 1. The van der Waals surface area contributed by atoms with Gasteiger partial charge in [-0.1, -0.05) is 35.1 Å². The number of rotatable bonds is 10. The van der Waals surface area contributed by atoms with Crippen LogP contribution in [0.25, 0.3) is 11.8 Å². The van der Waals surface area contributed by atoms with E-state index in [0.717, 1.165) is 22.6 Å². The summed E-state index contributed by atoms with van der Waals surface area (Å²) in [5.74, 6) is -0.457. The number of esters is 2. The summed E-state index contributed by atoms with van der Waals surface area (Å²) in [4.78, 5) is 44.4. The van der Waals surface area contributed by atoms with Crippen LogP contribution >= 0.6 is 22.9 Å². The van der Waals surface area contributed by atoms with Crippen molar-refractivity contribution in [2.75, 3.05) is 26.9 Å². The van der Waals surface area contributed by atoms with Crippen LogP contribution in [-0.4, -0.2) is 48.0 Å². The lowest BCUT2D eigenvalue weighted by Crippen LogP contribution is -2.40. The number of thiazole rings is 1.